The summed E-state index contributed by atoms with van der Waals surface area (Å²) in [5, 5.41) is 10.0. The van der Waals surface area contributed by atoms with Gasteiger partial charge in [-0.25, -0.2) is 8.78 Å². The predicted molar refractivity (Wildman–Crippen MR) is 77.9 cm³/mol. The maximum atomic E-state index is 14.0. The van der Waals surface area contributed by atoms with Gasteiger partial charge in [0.1, 0.15) is 18.5 Å². The van der Waals surface area contributed by atoms with Crippen LogP contribution in [0.2, 0.25) is 5.02 Å². The number of hydrogen-bond acceptors (Lipinski definition) is 3. The summed E-state index contributed by atoms with van der Waals surface area (Å²) < 4.78 is 32.9. The van der Waals surface area contributed by atoms with Gasteiger partial charge in [-0.05, 0) is 36.4 Å². The molecule has 1 heterocycles. The number of benzene rings is 2. The van der Waals surface area contributed by atoms with Gasteiger partial charge >= 0.3 is 0 Å². The molecule has 2 aromatic rings. The molecule has 21 heavy (non-hydrogen) atoms. The van der Waals surface area contributed by atoms with Crippen molar-refractivity contribution in [1.29, 1.82) is 0 Å². The molecule has 0 unspecified atom stereocenters. The van der Waals surface area contributed by atoms with Crippen LogP contribution in [0.1, 0.15) is 10.8 Å². The normalized spacial score (nSPS) is 20.8. The molecule has 1 aliphatic heterocycles. The highest BCUT2D eigenvalue weighted by molar-refractivity contribution is 7.99. The molecule has 1 aliphatic rings. The summed E-state index contributed by atoms with van der Waals surface area (Å²) in [5.41, 5.74) is 0.0636. The maximum absolute atomic E-state index is 14.0. The van der Waals surface area contributed by atoms with Gasteiger partial charge < -0.3 is 9.84 Å². The Bertz CT molecular complexity index is 663. The lowest BCUT2D eigenvalue weighted by Crippen LogP contribution is -2.30. The summed E-state index contributed by atoms with van der Waals surface area (Å²) >= 11 is 7.07. The Morgan fingerprint density at radius 3 is 2.48 bits per heavy atom. The fourth-order valence-corrected chi connectivity index (χ4v) is 3.49. The molecule has 6 heteroatoms. The topological polar surface area (TPSA) is 29.5 Å². The van der Waals surface area contributed by atoms with E-state index in [9.17, 15) is 13.9 Å². The van der Waals surface area contributed by atoms with Crippen molar-refractivity contribution in [2.75, 3.05) is 6.61 Å². The zero-order chi connectivity index (χ0) is 15.0. The van der Waals surface area contributed by atoms with Crippen LogP contribution >= 0.6 is 23.4 Å². The Morgan fingerprint density at radius 2 is 1.76 bits per heavy atom. The quantitative estimate of drug-likeness (QED) is 0.895. The molecule has 0 aromatic heterocycles. The molecule has 0 bridgehead atoms. The second kappa shape index (κ2) is 5.83. The number of aliphatic hydroxyl groups is 1. The highest BCUT2D eigenvalue weighted by Crippen LogP contribution is 2.46. The summed E-state index contributed by atoms with van der Waals surface area (Å²) in [6, 6.07) is 9.02. The van der Waals surface area contributed by atoms with Crippen LogP contribution in [0.4, 0.5) is 8.78 Å². The Hall–Kier alpha value is -1.30. The fourth-order valence-electron chi connectivity index (χ4n) is 2.21. The average molecular weight is 329 g/mol. The van der Waals surface area contributed by atoms with E-state index in [1.54, 1.807) is 24.3 Å². The lowest BCUT2D eigenvalue weighted by molar-refractivity contribution is 0.0846. The van der Waals surface area contributed by atoms with Gasteiger partial charge in [-0.15, -0.1) is 11.8 Å². The number of halogens is 3. The van der Waals surface area contributed by atoms with Crippen LogP contribution in [0.25, 0.3) is 0 Å². The lowest BCUT2D eigenvalue weighted by atomic mass is 10.0. The van der Waals surface area contributed by atoms with Gasteiger partial charge in [-0.3, -0.25) is 0 Å². The summed E-state index contributed by atoms with van der Waals surface area (Å²) in [6.07, 6.45) is -0.922. The predicted octanol–water partition coefficient (Wildman–Crippen LogP) is 4.20. The SMILES string of the molecule is O[C@H]1COc2c(F)ccc(F)c2[C@H]1Sc1ccc(Cl)cc1. The molecule has 0 radical (unpaired) electrons. The zero-order valence-electron chi connectivity index (χ0n) is 10.7. The average Bonchev–Trinajstić information content (AvgIpc) is 2.47. The van der Waals surface area contributed by atoms with E-state index in [0.717, 1.165) is 17.0 Å². The van der Waals surface area contributed by atoms with Crippen LogP contribution in [0, 0.1) is 11.6 Å². The third kappa shape index (κ3) is 2.86. The van der Waals surface area contributed by atoms with Gasteiger partial charge in [0.15, 0.2) is 11.6 Å². The number of aliphatic hydroxyl groups excluding tert-OH is 1. The largest absolute Gasteiger partial charge is 0.487 e. The lowest BCUT2D eigenvalue weighted by Gasteiger charge is -2.30. The van der Waals surface area contributed by atoms with Crippen molar-refractivity contribution in [3.63, 3.8) is 0 Å². The summed E-state index contributed by atoms with van der Waals surface area (Å²) in [5.74, 6) is -1.33. The van der Waals surface area contributed by atoms with Gasteiger partial charge in [0.25, 0.3) is 0 Å². The molecular weight excluding hydrogens is 318 g/mol. The number of ether oxygens (including phenoxy) is 1. The van der Waals surface area contributed by atoms with Gasteiger partial charge in [0, 0.05) is 15.5 Å². The first-order valence-corrected chi connectivity index (χ1v) is 7.53. The molecule has 2 aromatic carbocycles. The van der Waals surface area contributed by atoms with Gasteiger partial charge in [-0.1, -0.05) is 11.6 Å². The van der Waals surface area contributed by atoms with Crippen LogP contribution in [-0.4, -0.2) is 17.8 Å². The second-order valence-electron chi connectivity index (χ2n) is 4.64. The molecule has 1 N–H and O–H groups in total. The highest BCUT2D eigenvalue weighted by atomic mass is 35.5. The maximum Gasteiger partial charge on any atom is 0.165 e. The van der Waals surface area contributed by atoms with Crippen molar-refractivity contribution in [2.45, 2.75) is 16.2 Å². The standard InChI is InChI=1S/C15H11ClF2O2S/c16-8-1-3-9(4-2-8)21-15-12(19)7-20-14-11(18)6-5-10(17)13(14)15/h1-6,12,15,19H,7H2/t12-,15-/m0/s1. The summed E-state index contributed by atoms with van der Waals surface area (Å²) in [6.45, 7) is -0.0708. The van der Waals surface area contributed by atoms with Gasteiger partial charge in [-0.2, -0.15) is 0 Å². The molecule has 0 fully saturated rings. The van der Waals surface area contributed by atoms with E-state index < -0.39 is 23.0 Å². The van der Waals surface area contributed by atoms with Gasteiger partial charge in [0.05, 0.1) is 5.25 Å². The molecule has 0 saturated carbocycles. The second-order valence-corrected chi connectivity index (χ2v) is 6.29. The first kappa shape index (κ1) is 14.6. The third-order valence-corrected chi connectivity index (χ3v) is 4.80. The zero-order valence-corrected chi connectivity index (χ0v) is 12.3. The van der Waals surface area contributed by atoms with E-state index >= 15 is 0 Å². The van der Waals surface area contributed by atoms with Crippen molar-refractivity contribution in [1.82, 2.24) is 0 Å². The minimum absolute atomic E-state index is 0.0636. The molecule has 0 amide bonds. The molecule has 0 spiro atoms. The Kier molecular flexibility index (Phi) is 4.06. The number of fused-ring (bicyclic) bond motifs is 1. The van der Waals surface area contributed by atoms with E-state index in [0.29, 0.717) is 5.02 Å². The smallest absolute Gasteiger partial charge is 0.165 e. The van der Waals surface area contributed by atoms with Gasteiger partial charge in [0.2, 0.25) is 0 Å². The molecular formula is C15H11ClF2O2S. The van der Waals surface area contributed by atoms with Crippen molar-refractivity contribution in [3.8, 4) is 5.75 Å². The van der Waals surface area contributed by atoms with E-state index in [1.165, 1.54) is 11.8 Å². The molecule has 2 atom stereocenters. The van der Waals surface area contributed by atoms with E-state index in [2.05, 4.69) is 0 Å². The highest BCUT2D eigenvalue weighted by Gasteiger charge is 2.34. The minimum Gasteiger partial charge on any atom is -0.487 e. The monoisotopic (exact) mass is 328 g/mol. The number of hydrogen-bond donors (Lipinski definition) is 1. The first-order valence-electron chi connectivity index (χ1n) is 6.27. The van der Waals surface area contributed by atoms with E-state index in [4.69, 9.17) is 16.3 Å². The molecule has 3 rings (SSSR count). The van der Waals surface area contributed by atoms with E-state index in [-0.39, 0.29) is 17.9 Å². The first-order chi connectivity index (χ1) is 10.1. The molecule has 110 valence electrons. The van der Waals surface area contributed by atoms with Crippen molar-refractivity contribution >= 4 is 23.4 Å². The number of thioether (sulfide) groups is 1. The minimum atomic E-state index is -0.922. The molecule has 2 nitrogen and oxygen atoms in total. The summed E-state index contributed by atoms with van der Waals surface area (Å²) in [7, 11) is 0. The molecule has 0 saturated heterocycles. The van der Waals surface area contributed by atoms with Crippen LogP contribution in [0.5, 0.6) is 5.75 Å². The van der Waals surface area contributed by atoms with Crippen molar-refractivity contribution < 1.29 is 18.6 Å². The van der Waals surface area contributed by atoms with Crippen LogP contribution in [-0.2, 0) is 0 Å². The summed E-state index contributed by atoms with van der Waals surface area (Å²) in [4.78, 5) is 0.806. The molecule has 0 aliphatic carbocycles. The number of rotatable bonds is 2. The fraction of sp³-hybridized carbons (Fsp3) is 0.200. The Labute approximate surface area is 129 Å². The van der Waals surface area contributed by atoms with Crippen LogP contribution in [0.15, 0.2) is 41.3 Å². The Balaban J connectivity index is 1.99. The van der Waals surface area contributed by atoms with Crippen molar-refractivity contribution in [3.05, 3.63) is 58.6 Å². The third-order valence-electron chi connectivity index (χ3n) is 3.20. The van der Waals surface area contributed by atoms with Crippen LogP contribution in [0.3, 0.4) is 0 Å². The van der Waals surface area contributed by atoms with Crippen molar-refractivity contribution in [2.24, 2.45) is 0 Å². The Morgan fingerprint density at radius 1 is 1.10 bits per heavy atom. The van der Waals surface area contributed by atoms with Crippen LogP contribution < -0.4 is 4.74 Å². The van der Waals surface area contributed by atoms with E-state index in [1.807, 2.05) is 0 Å².